The van der Waals surface area contributed by atoms with E-state index in [1.165, 1.54) is 0 Å². The summed E-state index contributed by atoms with van der Waals surface area (Å²) in [5.74, 6) is -0.809. The molecule has 0 saturated carbocycles. The normalized spacial score (nSPS) is 13.1. The summed E-state index contributed by atoms with van der Waals surface area (Å²) in [7, 11) is 0. The Morgan fingerprint density at radius 3 is 2.67 bits per heavy atom. The van der Waals surface area contributed by atoms with Crippen molar-refractivity contribution in [2.75, 3.05) is 6.61 Å². The Morgan fingerprint density at radius 1 is 1.78 bits per heavy atom. The summed E-state index contributed by atoms with van der Waals surface area (Å²) in [6.07, 6.45) is -0.0686. The third-order valence-electron chi connectivity index (χ3n) is 0.913. The first-order valence-electron chi connectivity index (χ1n) is 3.00. The first-order chi connectivity index (χ1) is 4.16. The van der Waals surface area contributed by atoms with Crippen LogP contribution in [0.3, 0.4) is 0 Å². The van der Waals surface area contributed by atoms with Crippen molar-refractivity contribution in [1.29, 1.82) is 0 Å². The van der Waals surface area contributed by atoms with E-state index in [2.05, 4.69) is 0 Å². The van der Waals surface area contributed by atoms with Crippen LogP contribution >= 0.6 is 0 Å². The molecular formula is C6H12O3. The lowest BCUT2D eigenvalue weighted by Crippen LogP contribution is -2.13. The van der Waals surface area contributed by atoms with Gasteiger partial charge in [-0.3, -0.25) is 4.79 Å². The highest BCUT2D eigenvalue weighted by molar-refractivity contribution is 5.67. The molecule has 9 heavy (non-hydrogen) atoms. The molecule has 0 aliphatic rings. The van der Waals surface area contributed by atoms with Gasteiger partial charge in [0.25, 0.3) is 0 Å². The SMILES string of the molecule is CCOC(C)CC(=O)O. The smallest absolute Gasteiger partial charge is 0.305 e. The molecule has 0 aromatic rings. The van der Waals surface area contributed by atoms with E-state index in [-0.39, 0.29) is 12.5 Å². The van der Waals surface area contributed by atoms with Gasteiger partial charge in [0.15, 0.2) is 0 Å². The molecule has 0 radical (unpaired) electrons. The topological polar surface area (TPSA) is 46.5 Å². The van der Waals surface area contributed by atoms with Crippen LogP contribution < -0.4 is 0 Å². The quantitative estimate of drug-likeness (QED) is 0.617. The summed E-state index contributed by atoms with van der Waals surface area (Å²) in [5.41, 5.74) is 0. The van der Waals surface area contributed by atoms with Crippen LogP contribution in [0, 0.1) is 0 Å². The molecule has 0 amide bonds. The highest BCUT2D eigenvalue weighted by Gasteiger charge is 2.05. The van der Waals surface area contributed by atoms with Gasteiger partial charge in [0.1, 0.15) is 0 Å². The molecule has 0 saturated heterocycles. The molecule has 3 nitrogen and oxygen atoms in total. The van der Waals surface area contributed by atoms with Gasteiger partial charge in [-0.05, 0) is 13.8 Å². The average Bonchev–Trinajstić information content (AvgIpc) is 1.63. The minimum Gasteiger partial charge on any atom is -0.481 e. The first kappa shape index (κ1) is 8.43. The van der Waals surface area contributed by atoms with Gasteiger partial charge >= 0.3 is 5.97 Å². The van der Waals surface area contributed by atoms with Crippen molar-refractivity contribution in [3.05, 3.63) is 0 Å². The maximum atomic E-state index is 10.0. The lowest BCUT2D eigenvalue weighted by Gasteiger charge is -2.06. The fourth-order valence-electron chi connectivity index (χ4n) is 0.589. The van der Waals surface area contributed by atoms with Gasteiger partial charge in [-0.25, -0.2) is 0 Å². The molecule has 0 rings (SSSR count). The van der Waals surface area contributed by atoms with Crippen molar-refractivity contribution in [3.8, 4) is 0 Å². The molecule has 1 atom stereocenters. The zero-order valence-electron chi connectivity index (χ0n) is 5.76. The maximum absolute atomic E-state index is 10.0. The number of aliphatic carboxylic acids is 1. The Bertz CT molecular complexity index is 90.3. The predicted octanol–water partition coefficient (Wildman–Crippen LogP) is 0.886. The Kier molecular flexibility index (Phi) is 4.05. The Morgan fingerprint density at radius 2 is 2.33 bits per heavy atom. The van der Waals surface area contributed by atoms with Crippen molar-refractivity contribution in [3.63, 3.8) is 0 Å². The summed E-state index contributed by atoms with van der Waals surface area (Å²) in [6, 6.07) is 0. The first-order valence-corrected chi connectivity index (χ1v) is 3.00. The number of carboxylic acids is 1. The predicted molar refractivity (Wildman–Crippen MR) is 33.3 cm³/mol. The second-order valence-corrected chi connectivity index (χ2v) is 1.86. The second kappa shape index (κ2) is 4.32. The molecule has 0 bridgehead atoms. The van der Waals surface area contributed by atoms with Crippen LogP contribution in [0.15, 0.2) is 0 Å². The maximum Gasteiger partial charge on any atom is 0.305 e. The van der Waals surface area contributed by atoms with Crippen LogP contribution in [0.1, 0.15) is 20.3 Å². The van der Waals surface area contributed by atoms with E-state index in [1.807, 2.05) is 6.92 Å². The molecule has 0 heterocycles. The van der Waals surface area contributed by atoms with Gasteiger partial charge in [-0.1, -0.05) is 0 Å². The molecule has 0 aromatic carbocycles. The van der Waals surface area contributed by atoms with Crippen molar-refractivity contribution in [2.45, 2.75) is 26.4 Å². The number of hydrogen-bond acceptors (Lipinski definition) is 2. The van der Waals surface area contributed by atoms with E-state index in [1.54, 1.807) is 6.92 Å². The van der Waals surface area contributed by atoms with Crippen LogP contribution in [0.4, 0.5) is 0 Å². The van der Waals surface area contributed by atoms with Gasteiger partial charge in [-0.15, -0.1) is 0 Å². The van der Waals surface area contributed by atoms with Gasteiger partial charge in [0.05, 0.1) is 12.5 Å². The lowest BCUT2D eigenvalue weighted by molar-refractivity contribution is -0.139. The summed E-state index contributed by atoms with van der Waals surface area (Å²) in [6.45, 7) is 4.17. The fourth-order valence-corrected chi connectivity index (χ4v) is 0.589. The average molecular weight is 132 g/mol. The van der Waals surface area contributed by atoms with E-state index in [0.717, 1.165) is 0 Å². The molecule has 0 aliphatic carbocycles. The highest BCUT2D eigenvalue weighted by Crippen LogP contribution is 1.95. The molecule has 54 valence electrons. The van der Waals surface area contributed by atoms with Crippen LogP contribution in [-0.2, 0) is 9.53 Å². The van der Waals surface area contributed by atoms with Gasteiger partial charge in [0.2, 0.25) is 0 Å². The lowest BCUT2D eigenvalue weighted by atomic mass is 10.3. The number of carboxylic acid groups (broad SMARTS) is 1. The summed E-state index contributed by atoms with van der Waals surface area (Å²) in [5, 5.41) is 8.23. The number of carbonyl (C=O) groups is 1. The van der Waals surface area contributed by atoms with E-state index >= 15 is 0 Å². The van der Waals surface area contributed by atoms with Crippen LogP contribution in [0.5, 0.6) is 0 Å². The minimum atomic E-state index is -0.809. The highest BCUT2D eigenvalue weighted by atomic mass is 16.5. The van der Waals surface area contributed by atoms with Crippen LogP contribution in [-0.4, -0.2) is 23.8 Å². The summed E-state index contributed by atoms with van der Waals surface area (Å²) in [4.78, 5) is 10.0. The van der Waals surface area contributed by atoms with E-state index in [9.17, 15) is 4.79 Å². The minimum absolute atomic E-state index is 0.0911. The fraction of sp³-hybridized carbons (Fsp3) is 0.833. The zero-order valence-corrected chi connectivity index (χ0v) is 5.76. The Labute approximate surface area is 54.6 Å². The largest absolute Gasteiger partial charge is 0.481 e. The molecule has 3 heteroatoms. The van der Waals surface area contributed by atoms with E-state index < -0.39 is 5.97 Å². The van der Waals surface area contributed by atoms with Crippen molar-refractivity contribution in [2.24, 2.45) is 0 Å². The molecule has 1 unspecified atom stereocenters. The molecule has 1 N–H and O–H groups in total. The Hall–Kier alpha value is -0.570. The second-order valence-electron chi connectivity index (χ2n) is 1.86. The van der Waals surface area contributed by atoms with Crippen molar-refractivity contribution in [1.82, 2.24) is 0 Å². The summed E-state index contributed by atoms with van der Waals surface area (Å²) >= 11 is 0. The van der Waals surface area contributed by atoms with E-state index in [0.29, 0.717) is 6.61 Å². The molecule has 0 aromatic heterocycles. The zero-order chi connectivity index (χ0) is 7.28. The number of hydrogen-bond donors (Lipinski definition) is 1. The number of rotatable bonds is 4. The molecule has 0 fully saturated rings. The Balaban J connectivity index is 3.26. The molecule has 0 spiro atoms. The monoisotopic (exact) mass is 132 g/mol. The van der Waals surface area contributed by atoms with Crippen LogP contribution in [0.2, 0.25) is 0 Å². The van der Waals surface area contributed by atoms with Crippen molar-refractivity contribution < 1.29 is 14.6 Å². The standard InChI is InChI=1S/C6H12O3/c1-3-9-5(2)4-6(7)8/h5H,3-4H2,1-2H3,(H,7,8). The van der Waals surface area contributed by atoms with Gasteiger partial charge in [0, 0.05) is 6.61 Å². The molecule has 0 aliphatic heterocycles. The van der Waals surface area contributed by atoms with E-state index in [4.69, 9.17) is 9.84 Å². The third kappa shape index (κ3) is 5.30. The third-order valence-corrected chi connectivity index (χ3v) is 0.913. The van der Waals surface area contributed by atoms with Gasteiger partial charge < -0.3 is 9.84 Å². The number of ether oxygens (including phenoxy) is 1. The summed E-state index contributed by atoms with van der Waals surface area (Å²) < 4.78 is 4.97. The van der Waals surface area contributed by atoms with Gasteiger partial charge in [-0.2, -0.15) is 0 Å². The molecular weight excluding hydrogens is 120 g/mol. The van der Waals surface area contributed by atoms with Crippen LogP contribution in [0.25, 0.3) is 0 Å². The van der Waals surface area contributed by atoms with Crippen molar-refractivity contribution >= 4 is 5.97 Å².